The molecule has 5 nitrogen and oxygen atoms in total. The molecule has 1 fully saturated rings. The molecule has 1 aliphatic heterocycles. The number of nitrogens with zero attached hydrogens (tertiary/aromatic N) is 1. The summed E-state index contributed by atoms with van der Waals surface area (Å²) in [5.41, 5.74) is 0.0446. The van der Waals surface area contributed by atoms with Gasteiger partial charge in [-0.1, -0.05) is 0 Å². The van der Waals surface area contributed by atoms with Crippen LogP contribution in [0.4, 0.5) is 0 Å². The summed E-state index contributed by atoms with van der Waals surface area (Å²) in [6, 6.07) is 0.560. The summed E-state index contributed by atoms with van der Waals surface area (Å²) >= 11 is 0. The number of aromatic amines is 2. The Balaban J connectivity index is 2.11. The van der Waals surface area contributed by atoms with Crippen LogP contribution in [0.5, 0.6) is 0 Å². The molecular weight excluding hydrogens is 218 g/mol. The van der Waals surface area contributed by atoms with Gasteiger partial charge in [0.2, 0.25) is 0 Å². The molecule has 1 aliphatic rings. The van der Waals surface area contributed by atoms with Crippen molar-refractivity contribution in [1.82, 2.24) is 14.9 Å². The average molecular weight is 237 g/mol. The molecule has 0 aliphatic carbocycles. The van der Waals surface area contributed by atoms with Crippen LogP contribution >= 0.6 is 0 Å². The zero-order valence-electron chi connectivity index (χ0n) is 10.3. The van der Waals surface area contributed by atoms with Gasteiger partial charge < -0.3 is 9.88 Å². The van der Waals surface area contributed by atoms with Crippen molar-refractivity contribution in [2.75, 3.05) is 13.1 Å². The van der Waals surface area contributed by atoms with E-state index in [0.29, 0.717) is 11.6 Å². The van der Waals surface area contributed by atoms with Gasteiger partial charge in [0.25, 0.3) is 5.56 Å². The quantitative estimate of drug-likeness (QED) is 0.793. The van der Waals surface area contributed by atoms with E-state index in [-0.39, 0.29) is 11.5 Å². The van der Waals surface area contributed by atoms with Crippen LogP contribution < -0.4 is 11.2 Å². The van der Waals surface area contributed by atoms with Gasteiger partial charge in [0, 0.05) is 17.8 Å². The molecule has 0 unspecified atom stereocenters. The fourth-order valence-electron chi connectivity index (χ4n) is 2.45. The number of aromatic nitrogens is 2. The van der Waals surface area contributed by atoms with E-state index in [1.807, 2.05) is 0 Å². The Bertz CT molecular complexity index is 481. The van der Waals surface area contributed by atoms with Gasteiger partial charge in [-0.3, -0.25) is 9.78 Å². The average Bonchev–Trinajstić information content (AvgIpc) is 2.29. The fraction of sp³-hybridized carbons (Fsp3) is 0.667. The highest BCUT2D eigenvalue weighted by Gasteiger charge is 2.23. The Hall–Kier alpha value is -1.36. The van der Waals surface area contributed by atoms with Crippen LogP contribution in [0.25, 0.3) is 0 Å². The highest BCUT2D eigenvalue weighted by Crippen LogP contribution is 2.25. The molecule has 5 heteroatoms. The second-order valence-electron chi connectivity index (χ2n) is 4.93. The Kier molecular flexibility index (Phi) is 3.47. The predicted octanol–water partition coefficient (Wildman–Crippen LogP) is 0.651. The van der Waals surface area contributed by atoms with Crippen molar-refractivity contribution in [3.8, 4) is 0 Å². The monoisotopic (exact) mass is 237 g/mol. The topological polar surface area (TPSA) is 69.0 Å². The molecule has 0 radical (unpaired) electrons. The van der Waals surface area contributed by atoms with Crippen LogP contribution in [0.15, 0.2) is 15.8 Å². The van der Waals surface area contributed by atoms with Gasteiger partial charge in [-0.25, -0.2) is 4.79 Å². The summed E-state index contributed by atoms with van der Waals surface area (Å²) in [6.07, 6.45) is 3.53. The molecule has 0 bridgehead atoms. The molecule has 0 spiro atoms. The summed E-state index contributed by atoms with van der Waals surface area (Å²) in [5, 5.41) is 0. The molecule has 2 rings (SSSR count). The van der Waals surface area contributed by atoms with Crippen molar-refractivity contribution < 1.29 is 0 Å². The molecule has 2 N–H and O–H groups in total. The maximum absolute atomic E-state index is 11.7. The summed E-state index contributed by atoms with van der Waals surface area (Å²) in [5.74, 6) is 0.269. The Morgan fingerprint density at radius 1 is 1.29 bits per heavy atom. The van der Waals surface area contributed by atoms with Crippen molar-refractivity contribution in [3.05, 3.63) is 32.6 Å². The fourth-order valence-corrected chi connectivity index (χ4v) is 2.45. The number of hydrogen-bond acceptors (Lipinski definition) is 3. The highest BCUT2D eigenvalue weighted by molar-refractivity contribution is 5.11. The first-order valence-electron chi connectivity index (χ1n) is 6.14. The first-order valence-corrected chi connectivity index (χ1v) is 6.14. The van der Waals surface area contributed by atoms with Crippen molar-refractivity contribution in [2.45, 2.75) is 38.6 Å². The van der Waals surface area contributed by atoms with Gasteiger partial charge in [-0.05, 0) is 45.7 Å². The number of piperidine rings is 1. The number of likely N-dealkylation sites (tertiary alicyclic amines) is 1. The summed E-state index contributed by atoms with van der Waals surface area (Å²) in [4.78, 5) is 29.9. The van der Waals surface area contributed by atoms with Gasteiger partial charge in [-0.15, -0.1) is 0 Å². The van der Waals surface area contributed by atoms with E-state index in [2.05, 4.69) is 28.7 Å². The van der Waals surface area contributed by atoms with Crippen molar-refractivity contribution in [2.24, 2.45) is 0 Å². The van der Waals surface area contributed by atoms with E-state index in [1.54, 1.807) is 6.20 Å². The molecule has 0 atom stereocenters. The minimum absolute atomic E-state index is 0.239. The number of rotatable bonds is 2. The normalized spacial score (nSPS) is 18.8. The maximum atomic E-state index is 11.7. The van der Waals surface area contributed by atoms with Gasteiger partial charge in [0.1, 0.15) is 0 Å². The van der Waals surface area contributed by atoms with Crippen LogP contribution in [0.2, 0.25) is 0 Å². The van der Waals surface area contributed by atoms with E-state index in [1.165, 1.54) is 0 Å². The SMILES string of the molecule is CC(C)N1CCC(c2c[nH]c(=O)[nH]c2=O)CC1. The molecule has 2 heterocycles. The van der Waals surface area contributed by atoms with Gasteiger partial charge in [0.15, 0.2) is 0 Å². The van der Waals surface area contributed by atoms with Gasteiger partial charge >= 0.3 is 5.69 Å². The minimum atomic E-state index is -0.432. The van der Waals surface area contributed by atoms with E-state index in [0.717, 1.165) is 25.9 Å². The number of nitrogens with one attached hydrogen (secondary N) is 2. The molecule has 17 heavy (non-hydrogen) atoms. The zero-order valence-corrected chi connectivity index (χ0v) is 10.3. The first kappa shape index (κ1) is 12.1. The maximum Gasteiger partial charge on any atom is 0.325 e. The third-order valence-corrected chi connectivity index (χ3v) is 3.55. The van der Waals surface area contributed by atoms with Crippen molar-refractivity contribution in [1.29, 1.82) is 0 Å². The van der Waals surface area contributed by atoms with Crippen LogP contribution in [-0.2, 0) is 0 Å². The molecule has 0 aromatic carbocycles. The second kappa shape index (κ2) is 4.87. The largest absolute Gasteiger partial charge is 0.325 e. The summed E-state index contributed by atoms with van der Waals surface area (Å²) < 4.78 is 0. The molecule has 1 aromatic heterocycles. The predicted molar refractivity (Wildman–Crippen MR) is 66.4 cm³/mol. The Labute approximate surface area is 99.9 Å². The minimum Gasteiger partial charge on any atom is -0.314 e. The lowest BCUT2D eigenvalue weighted by Gasteiger charge is -2.34. The smallest absolute Gasteiger partial charge is 0.314 e. The molecule has 1 saturated heterocycles. The Morgan fingerprint density at radius 2 is 1.94 bits per heavy atom. The van der Waals surface area contributed by atoms with Crippen LogP contribution in [-0.4, -0.2) is 34.0 Å². The van der Waals surface area contributed by atoms with E-state index < -0.39 is 5.69 Å². The lowest BCUT2D eigenvalue weighted by Crippen LogP contribution is -2.39. The number of H-pyrrole nitrogens is 2. The zero-order chi connectivity index (χ0) is 12.4. The third kappa shape index (κ3) is 2.66. The lowest BCUT2D eigenvalue weighted by molar-refractivity contribution is 0.171. The third-order valence-electron chi connectivity index (χ3n) is 3.55. The Morgan fingerprint density at radius 3 is 2.47 bits per heavy atom. The van der Waals surface area contributed by atoms with Crippen molar-refractivity contribution in [3.63, 3.8) is 0 Å². The van der Waals surface area contributed by atoms with Gasteiger partial charge in [-0.2, -0.15) is 0 Å². The van der Waals surface area contributed by atoms with Gasteiger partial charge in [0.05, 0.1) is 0 Å². The molecule has 1 aromatic rings. The first-order chi connectivity index (χ1) is 8.08. The van der Waals surface area contributed by atoms with Crippen LogP contribution in [0.3, 0.4) is 0 Å². The van der Waals surface area contributed by atoms with Crippen LogP contribution in [0, 0.1) is 0 Å². The van der Waals surface area contributed by atoms with Crippen molar-refractivity contribution >= 4 is 0 Å². The van der Waals surface area contributed by atoms with E-state index in [4.69, 9.17) is 0 Å². The molecule has 94 valence electrons. The summed E-state index contributed by atoms with van der Waals surface area (Å²) in [7, 11) is 0. The molecule has 0 saturated carbocycles. The standard InChI is InChI=1S/C12H19N3O2/c1-8(2)15-5-3-9(4-6-15)10-7-13-12(17)14-11(10)16/h7-9H,3-6H2,1-2H3,(H2,13,14,16,17). The number of hydrogen-bond donors (Lipinski definition) is 2. The molecular formula is C12H19N3O2. The van der Waals surface area contributed by atoms with E-state index in [9.17, 15) is 9.59 Å². The summed E-state index contributed by atoms with van der Waals surface area (Å²) in [6.45, 7) is 6.40. The highest BCUT2D eigenvalue weighted by atomic mass is 16.2. The lowest BCUT2D eigenvalue weighted by atomic mass is 9.90. The van der Waals surface area contributed by atoms with Crippen LogP contribution in [0.1, 0.15) is 38.2 Å². The second-order valence-corrected chi connectivity index (χ2v) is 4.93. The molecule has 0 amide bonds. The van der Waals surface area contributed by atoms with E-state index >= 15 is 0 Å².